The summed E-state index contributed by atoms with van der Waals surface area (Å²) in [6.07, 6.45) is 3.26. The van der Waals surface area contributed by atoms with Crippen LogP contribution in [0.25, 0.3) is 0 Å². The molecule has 0 radical (unpaired) electrons. The average Bonchev–Trinajstić information content (AvgIpc) is 3.22. The molecule has 7 heteroatoms. The van der Waals surface area contributed by atoms with Crippen molar-refractivity contribution >= 4 is 27.3 Å². The van der Waals surface area contributed by atoms with Crippen molar-refractivity contribution in [3.05, 3.63) is 54.1 Å². The zero-order valence-electron chi connectivity index (χ0n) is 15.4. The third-order valence-corrected chi connectivity index (χ3v) is 6.10. The zero-order valence-corrected chi connectivity index (χ0v) is 16.3. The second-order valence-electron chi connectivity index (χ2n) is 6.61. The van der Waals surface area contributed by atoms with Gasteiger partial charge in [-0.25, -0.2) is 13.1 Å². The number of anilines is 2. The van der Waals surface area contributed by atoms with Gasteiger partial charge in [-0.05, 0) is 61.2 Å². The maximum Gasteiger partial charge on any atom is 0.241 e. The SMILES string of the molecule is CCc1ccc(S(=O)(=O)NCC(=O)Nc2ccc(N3CCCC3)cc2)cc1. The number of carbonyl (C=O) groups is 1. The van der Waals surface area contributed by atoms with E-state index >= 15 is 0 Å². The number of rotatable bonds is 7. The Morgan fingerprint density at radius 3 is 2.22 bits per heavy atom. The van der Waals surface area contributed by atoms with E-state index in [9.17, 15) is 13.2 Å². The van der Waals surface area contributed by atoms with E-state index in [1.54, 1.807) is 24.3 Å². The summed E-state index contributed by atoms with van der Waals surface area (Å²) in [7, 11) is -3.71. The van der Waals surface area contributed by atoms with Gasteiger partial charge in [0, 0.05) is 24.5 Å². The summed E-state index contributed by atoms with van der Waals surface area (Å²) in [5.41, 5.74) is 2.85. The highest BCUT2D eigenvalue weighted by Gasteiger charge is 2.16. The van der Waals surface area contributed by atoms with Gasteiger partial charge in [-0.15, -0.1) is 0 Å². The van der Waals surface area contributed by atoms with Crippen LogP contribution in [0, 0.1) is 0 Å². The zero-order chi connectivity index (χ0) is 19.3. The number of aryl methyl sites for hydroxylation is 1. The molecule has 0 aliphatic carbocycles. The van der Waals surface area contributed by atoms with Gasteiger partial charge in [-0.3, -0.25) is 4.79 Å². The lowest BCUT2D eigenvalue weighted by atomic mass is 10.2. The molecule has 1 fully saturated rings. The van der Waals surface area contributed by atoms with Crippen LogP contribution >= 0.6 is 0 Å². The van der Waals surface area contributed by atoms with Crippen molar-refractivity contribution in [2.24, 2.45) is 0 Å². The number of sulfonamides is 1. The maximum atomic E-state index is 12.3. The van der Waals surface area contributed by atoms with Gasteiger partial charge in [-0.2, -0.15) is 0 Å². The van der Waals surface area contributed by atoms with Crippen molar-refractivity contribution in [1.29, 1.82) is 0 Å². The number of hydrogen-bond donors (Lipinski definition) is 2. The number of benzene rings is 2. The highest BCUT2D eigenvalue weighted by Crippen LogP contribution is 2.22. The first-order chi connectivity index (χ1) is 13.0. The normalized spacial score (nSPS) is 14.3. The fraction of sp³-hybridized carbons (Fsp3) is 0.350. The molecule has 1 amide bonds. The van der Waals surface area contributed by atoms with Crippen molar-refractivity contribution in [2.45, 2.75) is 31.1 Å². The summed E-state index contributed by atoms with van der Waals surface area (Å²) in [6.45, 7) is 3.81. The van der Waals surface area contributed by atoms with E-state index in [0.29, 0.717) is 5.69 Å². The summed E-state index contributed by atoms with van der Waals surface area (Å²) < 4.78 is 26.9. The van der Waals surface area contributed by atoms with Gasteiger partial charge in [0.15, 0.2) is 0 Å². The van der Waals surface area contributed by atoms with Crippen molar-refractivity contribution in [1.82, 2.24) is 4.72 Å². The van der Waals surface area contributed by atoms with E-state index in [4.69, 9.17) is 0 Å². The lowest BCUT2D eigenvalue weighted by Gasteiger charge is -2.17. The molecule has 0 atom stereocenters. The highest BCUT2D eigenvalue weighted by atomic mass is 32.2. The Morgan fingerprint density at radius 1 is 1.00 bits per heavy atom. The van der Waals surface area contributed by atoms with Crippen molar-refractivity contribution in [3.8, 4) is 0 Å². The minimum atomic E-state index is -3.71. The van der Waals surface area contributed by atoms with Gasteiger partial charge >= 0.3 is 0 Å². The van der Waals surface area contributed by atoms with Crippen molar-refractivity contribution in [2.75, 3.05) is 29.9 Å². The van der Waals surface area contributed by atoms with Gasteiger partial charge in [0.05, 0.1) is 11.4 Å². The molecule has 0 aromatic heterocycles. The first-order valence-electron chi connectivity index (χ1n) is 9.21. The number of nitrogens with zero attached hydrogens (tertiary/aromatic N) is 1. The smallest absolute Gasteiger partial charge is 0.241 e. The molecule has 27 heavy (non-hydrogen) atoms. The summed E-state index contributed by atoms with van der Waals surface area (Å²) >= 11 is 0. The van der Waals surface area contributed by atoms with Gasteiger partial charge in [0.1, 0.15) is 0 Å². The largest absolute Gasteiger partial charge is 0.372 e. The predicted octanol–water partition coefficient (Wildman–Crippen LogP) is 2.77. The molecule has 1 saturated heterocycles. The van der Waals surface area contributed by atoms with E-state index in [1.807, 2.05) is 31.2 Å². The molecule has 144 valence electrons. The summed E-state index contributed by atoms with van der Waals surface area (Å²) in [6, 6.07) is 14.3. The van der Waals surface area contributed by atoms with Crippen LogP contribution in [-0.4, -0.2) is 34.0 Å². The molecule has 6 nitrogen and oxygen atoms in total. The van der Waals surface area contributed by atoms with Crippen LogP contribution in [-0.2, 0) is 21.2 Å². The number of amides is 1. The first-order valence-corrected chi connectivity index (χ1v) is 10.7. The lowest BCUT2D eigenvalue weighted by molar-refractivity contribution is -0.115. The molecule has 1 heterocycles. The molecule has 1 aliphatic rings. The molecule has 0 bridgehead atoms. The van der Waals surface area contributed by atoms with Crippen LogP contribution in [0.15, 0.2) is 53.4 Å². The molecule has 0 unspecified atom stereocenters. The van der Waals surface area contributed by atoms with Crippen molar-refractivity contribution < 1.29 is 13.2 Å². The quantitative estimate of drug-likeness (QED) is 0.766. The van der Waals surface area contributed by atoms with Crippen LogP contribution < -0.4 is 14.9 Å². The van der Waals surface area contributed by atoms with Gasteiger partial charge in [0.2, 0.25) is 15.9 Å². The number of carbonyl (C=O) groups excluding carboxylic acids is 1. The molecule has 0 saturated carbocycles. The van der Waals surface area contributed by atoms with Crippen LogP contribution in [0.1, 0.15) is 25.3 Å². The van der Waals surface area contributed by atoms with Crippen LogP contribution in [0.2, 0.25) is 0 Å². The minimum absolute atomic E-state index is 0.155. The molecular formula is C20H25N3O3S. The summed E-state index contributed by atoms with van der Waals surface area (Å²) in [4.78, 5) is 14.5. The van der Waals surface area contributed by atoms with Gasteiger partial charge in [-0.1, -0.05) is 19.1 Å². The fourth-order valence-electron chi connectivity index (χ4n) is 3.08. The van der Waals surface area contributed by atoms with E-state index in [-0.39, 0.29) is 11.4 Å². The Balaban J connectivity index is 1.54. The standard InChI is InChI=1S/C20H25N3O3S/c1-2-16-5-11-19(12-6-16)27(25,26)21-15-20(24)22-17-7-9-18(10-8-17)23-13-3-4-14-23/h5-12,21H,2-4,13-15H2,1H3,(H,22,24). The molecule has 2 aromatic carbocycles. The van der Waals surface area contributed by atoms with Gasteiger partial charge < -0.3 is 10.2 Å². The van der Waals surface area contributed by atoms with Gasteiger partial charge in [0.25, 0.3) is 0 Å². The average molecular weight is 388 g/mol. The Kier molecular flexibility index (Phi) is 6.13. The fourth-order valence-corrected chi connectivity index (χ4v) is 4.07. The summed E-state index contributed by atoms with van der Waals surface area (Å²) in [5.74, 6) is -0.405. The third kappa shape index (κ3) is 5.08. The first kappa shape index (κ1) is 19.4. The van der Waals surface area contributed by atoms with E-state index in [0.717, 1.165) is 30.8 Å². The summed E-state index contributed by atoms with van der Waals surface area (Å²) in [5, 5.41) is 2.72. The van der Waals surface area contributed by atoms with E-state index in [2.05, 4.69) is 14.9 Å². The predicted molar refractivity (Wildman–Crippen MR) is 108 cm³/mol. The highest BCUT2D eigenvalue weighted by molar-refractivity contribution is 7.89. The molecule has 2 N–H and O–H groups in total. The van der Waals surface area contributed by atoms with E-state index < -0.39 is 15.9 Å². The van der Waals surface area contributed by atoms with Crippen LogP contribution in [0.3, 0.4) is 0 Å². The van der Waals surface area contributed by atoms with Crippen LogP contribution in [0.4, 0.5) is 11.4 Å². The Morgan fingerprint density at radius 2 is 1.63 bits per heavy atom. The van der Waals surface area contributed by atoms with Crippen LogP contribution in [0.5, 0.6) is 0 Å². The topological polar surface area (TPSA) is 78.5 Å². The van der Waals surface area contributed by atoms with E-state index in [1.165, 1.54) is 12.8 Å². The number of hydrogen-bond acceptors (Lipinski definition) is 4. The molecule has 2 aromatic rings. The maximum absolute atomic E-state index is 12.3. The molecule has 0 spiro atoms. The third-order valence-electron chi connectivity index (χ3n) is 4.69. The number of nitrogens with one attached hydrogen (secondary N) is 2. The Labute approximate surface area is 160 Å². The van der Waals surface area contributed by atoms with Crippen molar-refractivity contribution in [3.63, 3.8) is 0 Å². The molecule has 3 rings (SSSR count). The second-order valence-corrected chi connectivity index (χ2v) is 8.38. The Bertz CT molecular complexity index is 872. The molecule has 1 aliphatic heterocycles. The minimum Gasteiger partial charge on any atom is -0.372 e. The lowest BCUT2D eigenvalue weighted by Crippen LogP contribution is -2.32. The monoisotopic (exact) mass is 387 g/mol. The molecular weight excluding hydrogens is 362 g/mol. The second kappa shape index (κ2) is 8.54. The Hall–Kier alpha value is -2.38.